The summed E-state index contributed by atoms with van der Waals surface area (Å²) in [5.74, 6) is 0.789. The fourth-order valence-corrected chi connectivity index (χ4v) is 3.90. The summed E-state index contributed by atoms with van der Waals surface area (Å²) in [4.78, 5) is 21.6. The SMILES string of the molecule is CC(C)c1ccc(C(NC(=O)Cc2csc(-c3ccccn3)n2)C(C)C)cc1. The number of amides is 1. The van der Waals surface area contributed by atoms with E-state index in [1.807, 2.05) is 23.6 Å². The topological polar surface area (TPSA) is 54.9 Å². The quantitative estimate of drug-likeness (QED) is 0.586. The van der Waals surface area contributed by atoms with Crippen molar-refractivity contribution in [2.45, 2.75) is 46.1 Å². The third-order valence-corrected chi connectivity index (χ3v) is 5.64. The van der Waals surface area contributed by atoms with Crippen molar-refractivity contribution >= 4 is 17.2 Å². The Hall–Kier alpha value is -2.53. The van der Waals surface area contributed by atoms with Crippen molar-refractivity contribution in [2.24, 2.45) is 5.92 Å². The molecule has 0 fully saturated rings. The number of carbonyl (C=O) groups excluding carboxylic acids is 1. The Labute approximate surface area is 171 Å². The van der Waals surface area contributed by atoms with E-state index in [0.717, 1.165) is 22.0 Å². The van der Waals surface area contributed by atoms with Gasteiger partial charge in [-0.3, -0.25) is 9.78 Å². The van der Waals surface area contributed by atoms with Gasteiger partial charge in [0.2, 0.25) is 5.91 Å². The summed E-state index contributed by atoms with van der Waals surface area (Å²) in [6, 6.07) is 14.3. The zero-order valence-electron chi connectivity index (χ0n) is 16.8. The Kier molecular flexibility index (Phi) is 6.57. The lowest BCUT2D eigenvalue weighted by molar-refractivity contribution is -0.121. The molecule has 1 aromatic carbocycles. The summed E-state index contributed by atoms with van der Waals surface area (Å²) in [6.07, 6.45) is 2.03. The van der Waals surface area contributed by atoms with Crippen LogP contribution in [0.5, 0.6) is 0 Å². The Morgan fingerprint density at radius 2 is 1.75 bits per heavy atom. The van der Waals surface area contributed by atoms with Crippen molar-refractivity contribution < 1.29 is 4.79 Å². The number of hydrogen-bond acceptors (Lipinski definition) is 4. The van der Waals surface area contributed by atoms with Crippen LogP contribution in [0.1, 0.15) is 56.5 Å². The van der Waals surface area contributed by atoms with E-state index in [0.29, 0.717) is 11.8 Å². The van der Waals surface area contributed by atoms with E-state index >= 15 is 0 Å². The Balaban J connectivity index is 1.67. The molecule has 1 atom stereocenters. The zero-order valence-corrected chi connectivity index (χ0v) is 17.7. The molecular weight excluding hydrogens is 366 g/mol. The van der Waals surface area contributed by atoms with Gasteiger partial charge in [0.25, 0.3) is 0 Å². The van der Waals surface area contributed by atoms with Gasteiger partial charge in [0, 0.05) is 11.6 Å². The fraction of sp³-hybridized carbons (Fsp3) is 0.348. The average molecular weight is 394 g/mol. The van der Waals surface area contributed by atoms with Crippen LogP contribution in [-0.4, -0.2) is 15.9 Å². The van der Waals surface area contributed by atoms with Crippen molar-refractivity contribution in [2.75, 3.05) is 0 Å². The molecule has 0 saturated carbocycles. The molecule has 1 unspecified atom stereocenters. The Morgan fingerprint density at radius 1 is 1.04 bits per heavy atom. The van der Waals surface area contributed by atoms with Gasteiger partial charge < -0.3 is 5.32 Å². The van der Waals surface area contributed by atoms with Crippen LogP contribution in [0.25, 0.3) is 10.7 Å². The molecule has 0 radical (unpaired) electrons. The smallest absolute Gasteiger partial charge is 0.226 e. The summed E-state index contributed by atoms with van der Waals surface area (Å²) in [5, 5.41) is 5.97. The molecule has 4 nitrogen and oxygen atoms in total. The van der Waals surface area contributed by atoms with E-state index in [-0.39, 0.29) is 18.4 Å². The fourth-order valence-electron chi connectivity index (χ4n) is 3.11. The third kappa shape index (κ3) is 5.04. The predicted molar refractivity (Wildman–Crippen MR) is 115 cm³/mol. The summed E-state index contributed by atoms with van der Waals surface area (Å²) < 4.78 is 0. The molecule has 0 saturated heterocycles. The number of benzene rings is 1. The Bertz CT molecular complexity index is 901. The summed E-state index contributed by atoms with van der Waals surface area (Å²) in [7, 11) is 0. The van der Waals surface area contributed by atoms with Crippen molar-refractivity contribution in [3.8, 4) is 10.7 Å². The molecule has 1 amide bonds. The van der Waals surface area contributed by atoms with Crippen molar-refractivity contribution in [3.63, 3.8) is 0 Å². The Morgan fingerprint density at radius 3 is 2.36 bits per heavy atom. The second kappa shape index (κ2) is 9.11. The minimum absolute atomic E-state index is 0.00972. The number of rotatable bonds is 7. The minimum Gasteiger partial charge on any atom is -0.349 e. The number of aromatic nitrogens is 2. The first-order valence-electron chi connectivity index (χ1n) is 9.69. The largest absolute Gasteiger partial charge is 0.349 e. The van der Waals surface area contributed by atoms with Crippen LogP contribution in [0.3, 0.4) is 0 Å². The molecule has 1 N–H and O–H groups in total. The molecule has 0 aliphatic rings. The lowest BCUT2D eigenvalue weighted by Crippen LogP contribution is -2.32. The van der Waals surface area contributed by atoms with Crippen LogP contribution in [-0.2, 0) is 11.2 Å². The molecule has 3 rings (SSSR count). The van der Waals surface area contributed by atoms with Gasteiger partial charge in [-0.1, -0.05) is 58.0 Å². The van der Waals surface area contributed by atoms with E-state index in [9.17, 15) is 4.79 Å². The standard InChI is InChI=1S/C23H27N3OS/c1-15(2)17-8-10-18(11-9-17)22(16(3)4)26-21(27)13-19-14-28-23(25-19)20-7-5-6-12-24-20/h5-12,14-16,22H,13H2,1-4H3,(H,26,27). The van der Waals surface area contributed by atoms with Crippen LogP contribution < -0.4 is 5.32 Å². The van der Waals surface area contributed by atoms with Gasteiger partial charge in [0.15, 0.2) is 0 Å². The minimum atomic E-state index is -0.0115. The van der Waals surface area contributed by atoms with Gasteiger partial charge in [-0.15, -0.1) is 11.3 Å². The van der Waals surface area contributed by atoms with Gasteiger partial charge in [-0.05, 0) is 35.1 Å². The monoisotopic (exact) mass is 393 g/mol. The molecule has 0 aliphatic heterocycles. The maximum absolute atomic E-state index is 12.7. The average Bonchev–Trinajstić information content (AvgIpc) is 3.15. The van der Waals surface area contributed by atoms with Crippen LogP contribution in [0, 0.1) is 5.92 Å². The maximum Gasteiger partial charge on any atom is 0.226 e. The second-order valence-electron chi connectivity index (χ2n) is 7.65. The second-order valence-corrected chi connectivity index (χ2v) is 8.50. The van der Waals surface area contributed by atoms with E-state index in [1.54, 1.807) is 6.20 Å². The number of nitrogens with zero attached hydrogens (tertiary/aromatic N) is 2. The number of nitrogens with one attached hydrogen (secondary N) is 1. The molecule has 0 spiro atoms. The van der Waals surface area contributed by atoms with Crippen LogP contribution >= 0.6 is 11.3 Å². The van der Waals surface area contributed by atoms with E-state index in [4.69, 9.17) is 0 Å². The summed E-state index contributed by atoms with van der Waals surface area (Å²) in [6.45, 7) is 8.63. The van der Waals surface area contributed by atoms with Crippen molar-refractivity contribution in [1.29, 1.82) is 0 Å². The number of carbonyl (C=O) groups is 1. The van der Waals surface area contributed by atoms with E-state index in [1.165, 1.54) is 16.9 Å². The third-order valence-electron chi connectivity index (χ3n) is 4.72. The van der Waals surface area contributed by atoms with Gasteiger partial charge in [-0.25, -0.2) is 4.98 Å². The van der Waals surface area contributed by atoms with Gasteiger partial charge in [0.05, 0.1) is 23.9 Å². The molecule has 5 heteroatoms. The first-order valence-corrected chi connectivity index (χ1v) is 10.6. The predicted octanol–water partition coefficient (Wildman–Crippen LogP) is 5.38. The van der Waals surface area contributed by atoms with Gasteiger partial charge >= 0.3 is 0 Å². The maximum atomic E-state index is 12.7. The van der Waals surface area contributed by atoms with Crippen molar-refractivity contribution in [3.05, 3.63) is 70.9 Å². The highest BCUT2D eigenvalue weighted by atomic mass is 32.1. The van der Waals surface area contributed by atoms with Crippen LogP contribution in [0.4, 0.5) is 0 Å². The normalized spacial score (nSPS) is 12.4. The van der Waals surface area contributed by atoms with E-state index < -0.39 is 0 Å². The molecule has 146 valence electrons. The lowest BCUT2D eigenvalue weighted by atomic mass is 9.93. The van der Waals surface area contributed by atoms with Crippen LogP contribution in [0.2, 0.25) is 0 Å². The molecule has 2 aromatic heterocycles. The molecule has 0 bridgehead atoms. The molecule has 0 aliphatic carbocycles. The molecular formula is C23H27N3OS. The highest BCUT2D eigenvalue weighted by molar-refractivity contribution is 7.13. The highest BCUT2D eigenvalue weighted by Crippen LogP contribution is 2.25. The van der Waals surface area contributed by atoms with E-state index in [2.05, 4.69) is 67.2 Å². The molecule has 28 heavy (non-hydrogen) atoms. The summed E-state index contributed by atoms with van der Waals surface area (Å²) in [5.41, 5.74) is 4.06. The first kappa shape index (κ1) is 20.2. The number of hydrogen-bond donors (Lipinski definition) is 1. The van der Waals surface area contributed by atoms with Crippen LogP contribution in [0.15, 0.2) is 54.0 Å². The molecule has 2 heterocycles. The lowest BCUT2D eigenvalue weighted by Gasteiger charge is -2.23. The highest BCUT2D eigenvalue weighted by Gasteiger charge is 2.19. The number of thiazole rings is 1. The first-order chi connectivity index (χ1) is 13.4. The van der Waals surface area contributed by atoms with Gasteiger partial charge in [-0.2, -0.15) is 0 Å². The van der Waals surface area contributed by atoms with Crippen molar-refractivity contribution in [1.82, 2.24) is 15.3 Å². The number of pyridine rings is 1. The summed E-state index contributed by atoms with van der Waals surface area (Å²) >= 11 is 1.52. The zero-order chi connectivity index (χ0) is 20.1. The van der Waals surface area contributed by atoms with Gasteiger partial charge in [0.1, 0.15) is 5.01 Å². The molecule has 3 aromatic rings.